The minimum Gasteiger partial charge on any atom is -0.481 e. The summed E-state index contributed by atoms with van der Waals surface area (Å²) in [7, 11) is 0. The van der Waals surface area contributed by atoms with Crippen molar-refractivity contribution in [3.8, 4) is 0 Å². The van der Waals surface area contributed by atoms with E-state index in [4.69, 9.17) is 0 Å². The molecule has 0 amide bonds. The molecule has 4 nitrogen and oxygen atoms in total. The molecule has 20 heavy (non-hydrogen) atoms. The van der Waals surface area contributed by atoms with Gasteiger partial charge in [0.2, 0.25) is 0 Å². The Bertz CT molecular complexity index is 638. The molecule has 0 unspecified atom stereocenters. The quantitative estimate of drug-likeness (QED) is 0.943. The van der Waals surface area contributed by atoms with E-state index < -0.39 is 11.4 Å². The second-order valence-electron chi connectivity index (χ2n) is 5.57. The van der Waals surface area contributed by atoms with Crippen LogP contribution in [-0.2, 0) is 23.3 Å². The number of fused-ring (bicyclic) bond motifs is 1. The average molecular weight is 288 g/mol. The molecule has 3 rings (SSSR count). The molecule has 0 atom stereocenters. The van der Waals surface area contributed by atoms with Gasteiger partial charge in [0.1, 0.15) is 5.41 Å². The largest absolute Gasteiger partial charge is 0.481 e. The molecule has 0 saturated heterocycles. The third kappa shape index (κ3) is 2.08. The molecule has 1 aliphatic heterocycles. The van der Waals surface area contributed by atoms with Gasteiger partial charge in [-0.25, -0.2) is 4.98 Å². The van der Waals surface area contributed by atoms with E-state index in [0.717, 1.165) is 18.2 Å². The normalized spacial score (nSPS) is 14.4. The number of nitrogens with zero attached hydrogens (tertiary/aromatic N) is 2. The first-order chi connectivity index (χ1) is 9.48. The van der Waals surface area contributed by atoms with Crippen LogP contribution in [0.25, 0.3) is 0 Å². The van der Waals surface area contributed by atoms with Crippen LogP contribution in [0.3, 0.4) is 0 Å². The molecular weight excluding hydrogens is 272 g/mol. The second-order valence-corrected chi connectivity index (χ2v) is 6.41. The van der Waals surface area contributed by atoms with E-state index in [2.05, 4.69) is 22.0 Å². The molecule has 5 heteroatoms. The Kier molecular flexibility index (Phi) is 3.01. The Hall–Kier alpha value is -1.88. The van der Waals surface area contributed by atoms with Gasteiger partial charge in [0.15, 0.2) is 5.13 Å². The van der Waals surface area contributed by atoms with Crippen molar-refractivity contribution in [3.63, 3.8) is 0 Å². The zero-order valence-corrected chi connectivity index (χ0v) is 12.3. The first-order valence-electron chi connectivity index (χ1n) is 6.49. The standard InChI is InChI=1S/C15H16N2O2S/c1-15(2,13(18)19)12-9-20-14(16-12)17-7-10-5-3-4-6-11(10)8-17/h3-6,9H,7-8H2,1-2H3,(H,18,19). The Balaban J connectivity index is 1.85. The summed E-state index contributed by atoms with van der Waals surface area (Å²) in [5.74, 6) is -0.848. The molecule has 0 bridgehead atoms. The van der Waals surface area contributed by atoms with Crippen LogP contribution in [-0.4, -0.2) is 16.1 Å². The number of rotatable bonds is 3. The maximum Gasteiger partial charge on any atom is 0.315 e. The van der Waals surface area contributed by atoms with E-state index in [-0.39, 0.29) is 0 Å². The van der Waals surface area contributed by atoms with Crippen molar-refractivity contribution in [3.05, 3.63) is 46.5 Å². The van der Waals surface area contributed by atoms with E-state index in [1.807, 2.05) is 17.5 Å². The minimum absolute atomic E-state index is 0.626. The number of benzene rings is 1. The fraction of sp³-hybridized carbons (Fsp3) is 0.333. The molecular formula is C15H16N2O2S. The number of hydrogen-bond acceptors (Lipinski definition) is 4. The van der Waals surface area contributed by atoms with Crippen molar-refractivity contribution >= 4 is 22.4 Å². The molecule has 104 valence electrons. The van der Waals surface area contributed by atoms with Crippen LogP contribution in [0.15, 0.2) is 29.6 Å². The second kappa shape index (κ2) is 4.59. The van der Waals surface area contributed by atoms with Gasteiger partial charge >= 0.3 is 5.97 Å². The monoisotopic (exact) mass is 288 g/mol. The molecule has 0 fully saturated rings. The van der Waals surface area contributed by atoms with Crippen LogP contribution in [0, 0.1) is 0 Å². The predicted octanol–water partition coefficient (Wildman–Crippen LogP) is 3.03. The van der Waals surface area contributed by atoms with Crippen LogP contribution in [0.4, 0.5) is 5.13 Å². The van der Waals surface area contributed by atoms with E-state index in [1.165, 1.54) is 22.5 Å². The smallest absolute Gasteiger partial charge is 0.315 e. The van der Waals surface area contributed by atoms with E-state index >= 15 is 0 Å². The molecule has 0 spiro atoms. The van der Waals surface area contributed by atoms with Gasteiger partial charge in [-0.15, -0.1) is 11.3 Å². The van der Waals surface area contributed by atoms with Gasteiger partial charge in [0.05, 0.1) is 5.69 Å². The number of hydrogen-bond donors (Lipinski definition) is 1. The molecule has 1 aromatic heterocycles. The summed E-state index contributed by atoms with van der Waals surface area (Å²) < 4.78 is 0. The molecule has 0 saturated carbocycles. The van der Waals surface area contributed by atoms with E-state index in [0.29, 0.717) is 5.69 Å². The maximum absolute atomic E-state index is 11.3. The fourth-order valence-corrected chi connectivity index (χ4v) is 3.27. The van der Waals surface area contributed by atoms with E-state index in [1.54, 1.807) is 13.8 Å². The summed E-state index contributed by atoms with van der Waals surface area (Å²) in [5.41, 5.74) is 2.32. The lowest BCUT2D eigenvalue weighted by atomic mass is 9.90. The SMILES string of the molecule is CC(C)(C(=O)O)c1csc(N2Cc3ccccc3C2)n1. The Morgan fingerprint density at radius 3 is 2.45 bits per heavy atom. The fourth-order valence-electron chi connectivity index (χ4n) is 2.27. The highest BCUT2D eigenvalue weighted by Crippen LogP contribution is 2.33. The Morgan fingerprint density at radius 2 is 1.90 bits per heavy atom. The minimum atomic E-state index is -0.943. The average Bonchev–Trinajstić information content (AvgIpc) is 3.05. The summed E-state index contributed by atoms with van der Waals surface area (Å²) >= 11 is 1.51. The molecule has 1 N–H and O–H groups in total. The van der Waals surface area contributed by atoms with Crippen LogP contribution >= 0.6 is 11.3 Å². The van der Waals surface area contributed by atoms with Gasteiger partial charge in [-0.2, -0.15) is 0 Å². The highest BCUT2D eigenvalue weighted by molar-refractivity contribution is 7.13. The van der Waals surface area contributed by atoms with Crippen molar-refractivity contribution in [2.45, 2.75) is 32.4 Å². The molecule has 1 aliphatic rings. The van der Waals surface area contributed by atoms with Gasteiger partial charge in [-0.1, -0.05) is 24.3 Å². The highest BCUT2D eigenvalue weighted by Gasteiger charge is 2.33. The number of carboxylic acids is 1. The lowest BCUT2D eigenvalue weighted by Gasteiger charge is -2.17. The van der Waals surface area contributed by atoms with Crippen molar-refractivity contribution in [2.24, 2.45) is 0 Å². The molecule has 0 aliphatic carbocycles. The van der Waals surface area contributed by atoms with Crippen molar-refractivity contribution < 1.29 is 9.90 Å². The number of carbonyl (C=O) groups is 1. The summed E-state index contributed by atoms with van der Waals surface area (Å²) in [6.45, 7) is 5.06. The van der Waals surface area contributed by atoms with Crippen molar-refractivity contribution in [2.75, 3.05) is 4.90 Å². The third-order valence-electron chi connectivity index (χ3n) is 3.78. The number of thiazole rings is 1. The first kappa shape index (κ1) is 13.1. The molecule has 2 heterocycles. The van der Waals surface area contributed by atoms with Gasteiger partial charge in [-0.3, -0.25) is 4.79 Å². The zero-order valence-electron chi connectivity index (χ0n) is 11.5. The lowest BCUT2D eigenvalue weighted by molar-refractivity contribution is -0.142. The summed E-state index contributed by atoms with van der Waals surface area (Å²) in [5, 5.41) is 12.0. The topological polar surface area (TPSA) is 53.4 Å². The van der Waals surface area contributed by atoms with Crippen LogP contribution in [0.2, 0.25) is 0 Å². The number of aromatic nitrogens is 1. The first-order valence-corrected chi connectivity index (χ1v) is 7.37. The van der Waals surface area contributed by atoms with Crippen molar-refractivity contribution in [1.82, 2.24) is 4.98 Å². The van der Waals surface area contributed by atoms with Gasteiger partial charge in [0.25, 0.3) is 0 Å². The Morgan fingerprint density at radius 1 is 1.30 bits per heavy atom. The lowest BCUT2D eigenvalue weighted by Crippen LogP contribution is -2.29. The number of carboxylic acid groups (broad SMARTS) is 1. The van der Waals surface area contributed by atoms with E-state index in [9.17, 15) is 9.90 Å². The van der Waals surface area contributed by atoms with Crippen LogP contribution < -0.4 is 4.90 Å². The maximum atomic E-state index is 11.3. The molecule has 2 aromatic rings. The van der Waals surface area contributed by atoms with Gasteiger partial charge < -0.3 is 10.0 Å². The number of anilines is 1. The van der Waals surface area contributed by atoms with Gasteiger partial charge in [0, 0.05) is 18.5 Å². The van der Waals surface area contributed by atoms with Crippen molar-refractivity contribution in [1.29, 1.82) is 0 Å². The van der Waals surface area contributed by atoms with Gasteiger partial charge in [-0.05, 0) is 25.0 Å². The highest BCUT2D eigenvalue weighted by atomic mass is 32.1. The molecule has 1 aromatic carbocycles. The summed E-state index contributed by atoms with van der Waals surface area (Å²) in [6.07, 6.45) is 0. The third-order valence-corrected chi connectivity index (χ3v) is 4.68. The van der Waals surface area contributed by atoms with Crippen LogP contribution in [0.1, 0.15) is 30.7 Å². The Labute approximate surface area is 121 Å². The summed E-state index contributed by atoms with van der Waals surface area (Å²) in [4.78, 5) is 18.0. The number of aliphatic carboxylic acids is 1. The zero-order chi connectivity index (χ0) is 14.3. The van der Waals surface area contributed by atoms with Crippen LogP contribution in [0.5, 0.6) is 0 Å². The molecule has 0 radical (unpaired) electrons. The predicted molar refractivity (Wildman–Crippen MR) is 79.1 cm³/mol. The summed E-state index contributed by atoms with van der Waals surface area (Å²) in [6, 6.07) is 8.35.